The molecule has 154 valence electrons. The summed E-state index contributed by atoms with van der Waals surface area (Å²) in [5.41, 5.74) is 6.73. The molecule has 8 heteroatoms. The molecule has 30 heavy (non-hydrogen) atoms. The number of hydrogen-bond donors (Lipinski definition) is 2. The van der Waals surface area contributed by atoms with E-state index in [1.807, 2.05) is 60.7 Å². The minimum absolute atomic E-state index is 0.396. The van der Waals surface area contributed by atoms with Gasteiger partial charge in [-0.2, -0.15) is 0 Å². The van der Waals surface area contributed by atoms with Crippen LogP contribution in [0.2, 0.25) is 0 Å². The van der Waals surface area contributed by atoms with Crippen LogP contribution in [0.15, 0.2) is 72.8 Å². The quantitative estimate of drug-likeness (QED) is 0.240. The Kier molecular flexibility index (Phi) is 5.36. The first-order chi connectivity index (χ1) is 14.5. The van der Waals surface area contributed by atoms with Crippen molar-refractivity contribution in [2.24, 2.45) is 5.73 Å². The summed E-state index contributed by atoms with van der Waals surface area (Å²) in [7, 11) is 0. The number of thioether (sulfide) groups is 1. The Bertz CT molecular complexity index is 945. The first-order valence-electron chi connectivity index (χ1n) is 9.40. The van der Waals surface area contributed by atoms with E-state index >= 15 is 0 Å². The zero-order valence-corrected chi connectivity index (χ0v) is 16.9. The Morgan fingerprint density at radius 3 is 2.30 bits per heavy atom. The Morgan fingerprint density at radius 1 is 1.20 bits per heavy atom. The second-order valence-corrected chi connectivity index (χ2v) is 8.27. The molecule has 4 rings (SSSR count). The first-order valence-corrected chi connectivity index (χ1v) is 10.4. The summed E-state index contributed by atoms with van der Waals surface area (Å²) in [5.74, 6) is -0.690. The van der Waals surface area contributed by atoms with Crippen molar-refractivity contribution >= 4 is 30.0 Å². The van der Waals surface area contributed by atoms with Crippen molar-refractivity contribution in [2.75, 3.05) is 5.75 Å². The number of carbonyl (C=O) groups is 3. The number of ether oxygens (including phenoxy) is 1. The van der Waals surface area contributed by atoms with Gasteiger partial charge in [-0.25, -0.2) is 4.79 Å². The van der Waals surface area contributed by atoms with Gasteiger partial charge in [0.05, 0.1) is 0 Å². The zero-order chi connectivity index (χ0) is 21.3. The molecule has 7 nitrogen and oxygen atoms in total. The molecule has 2 aromatic carbocycles. The largest absolute Gasteiger partial charge is 0.451 e. The molecule has 2 fully saturated rings. The third-order valence-corrected chi connectivity index (χ3v) is 6.73. The molecule has 0 aromatic heterocycles. The van der Waals surface area contributed by atoms with Crippen LogP contribution >= 0.6 is 11.8 Å². The number of rotatable bonds is 6. The van der Waals surface area contributed by atoms with Crippen LogP contribution in [-0.4, -0.2) is 46.0 Å². The minimum Gasteiger partial charge on any atom is -0.451 e. The van der Waals surface area contributed by atoms with E-state index < -0.39 is 35.1 Å². The highest BCUT2D eigenvalue weighted by atomic mass is 32.2. The molecule has 1 unspecified atom stereocenters. The molecule has 0 bridgehead atoms. The number of esters is 1. The molecule has 3 N–H and O–H groups in total. The van der Waals surface area contributed by atoms with Gasteiger partial charge in [0.25, 0.3) is 5.91 Å². The van der Waals surface area contributed by atoms with E-state index in [0.29, 0.717) is 17.7 Å². The Balaban J connectivity index is 1.62. The van der Waals surface area contributed by atoms with Crippen molar-refractivity contribution in [1.82, 2.24) is 10.2 Å². The van der Waals surface area contributed by atoms with Crippen molar-refractivity contribution in [3.05, 3.63) is 83.9 Å². The first kappa shape index (κ1) is 20.2. The van der Waals surface area contributed by atoms with Crippen LogP contribution in [0.4, 0.5) is 0 Å². The summed E-state index contributed by atoms with van der Waals surface area (Å²) < 4.78 is 5.93. The van der Waals surface area contributed by atoms with Crippen LogP contribution in [0.25, 0.3) is 0 Å². The molecular formula is C22H21N3O4S. The van der Waals surface area contributed by atoms with Gasteiger partial charge in [0, 0.05) is 5.75 Å². The van der Waals surface area contributed by atoms with Gasteiger partial charge in [-0.3, -0.25) is 15.3 Å². The topological polar surface area (TPSA) is 102 Å². The van der Waals surface area contributed by atoms with Gasteiger partial charge in [0.2, 0.25) is 6.41 Å². The smallest absolute Gasteiger partial charge is 0.334 e. The lowest BCUT2D eigenvalue weighted by molar-refractivity contribution is -0.171. The molecule has 2 aliphatic heterocycles. The Hall–Kier alpha value is -3.10. The highest BCUT2D eigenvalue weighted by Gasteiger charge is 2.64. The van der Waals surface area contributed by atoms with Gasteiger partial charge >= 0.3 is 5.97 Å². The van der Waals surface area contributed by atoms with Crippen LogP contribution in [0.1, 0.15) is 17.2 Å². The summed E-state index contributed by atoms with van der Waals surface area (Å²) >= 11 is 1.36. The number of benzene rings is 2. The fourth-order valence-electron chi connectivity index (χ4n) is 3.78. The zero-order valence-electron chi connectivity index (χ0n) is 16.1. The van der Waals surface area contributed by atoms with Gasteiger partial charge < -0.3 is 15.0 Å². The number of nitrogens with two attached hydrogens (primary N) is 1. The fourth-order valence-corrected chi connectivity index (χ4v) is 5.12. The van der Waals surface area contributed by atoms with Crippen molar-refractivity contribution in [3.63, 3.8) is 0 Å². The van der Waals surface area contributed by atoms with Crippen molar-refractivity contribution in [1.29, 1.82) is 0 Å². The summed E-state index contributed by atoms with van der Waals surface area (Å²) in [6.07, 6.45) is -0.235. The average Bonchev–Trinajstić information content (AvgIpc) is 2.78. The van der Waals surface area contributed by atoms with Crippen molar-refractivity contribution in [3.8, 4) is 0 Å². The molecule has 2 aliphatic rings. The lowest BCUT2D eigenvalue weighted by Gasteiger charge is -2.57. The monoisotopic (exact) mass is 423 g/mol. The van der Waals surface area contributed by atoms with Gasteiger partial charge in [-0.05, 0) is 16.7 Å². The summed E-state index contributed by atoms with van der Waals surface area (Å²) in [6, 6.07) is 17.8. The standard InChI is InChI=1S/C22H21N3O4S/c1-14-12-30-21-22(23,24-13-26)20(28)25(21)17(14)19(27)29-18(15-8-4-2-5-9-15)16-10-6-3-7-11-16/h2-11,13,17-18,21H,1,12,23H2,(H,24,26)/t17?,21-,22-/m0/s1. The second-order valence-electron chi connectivity index (χ2n) is 7.21. The Morgan fingerprint density at radius 2 is 1.77 bits per heavy atom. The number of nitrogens with zero attached hydrogens (tertiary/aromatic N) is 1. The highest BCUT2D eigenvalue weighted by molar-refractivity contribution is 8.00. The number of carbonyl (C=O) groups excluding carboxylic acids is 3. The predicted octanol–water partition coefficient (Wildman–Crippen LogP) is 1.56. The molecule has 3 atom stereocenters. The Labute approximate surface area is 178 Å². The third kappa shape index (κ3) is 3.28. The number of β-lactam (4-membered cyclic amide) rings is 1. The molecule has 2 heterocycles. The molecule has 2 aromatic rings. The van der Waals surface area contributed by atoms with Crippen LogP contribution in [0.3, 0.4) is 0 Å². The minimum atomic E-state index is -1.52. The van der Waals surface area contributed by atoms with Gasteiger partial charge in [0.15, 0.2) is 17.8 Å². The van der Waals surface area contributed by atoms with Gasteiger partial charge in [-0.15, -0.1) is 11.8 Å². The normalized spacial score (nSPS) is 25.3. The maximum Gasteiger partial charge on any atom is 0.334 e. The van der Waals surface area contributed by atoms with Crippen molar-refractivity contribution in [2.45, 2.75) is 23.2 Å². The predicted molar refractivity (Wildman–Crippen MR) is 113 cm³/mol. The van der Waals surface area contributed by atoms with E-state index in [4.69, 9.17) is 10.5 Å². The average molecular weight is 423 g/mol. The van der Waals surface area contributed by atoms with Crippen LogP contribution in [-0.2, 0) is 19.1 Å². The lowest BCUT2D eigenvalue weighted by Crippen LogP contribution is -2.86. The number of amides is 2. The summed E-state index contributed by atoms with van der Waals surface area (Å²) in [4.78, 5) is 38.2. The maximum atomic E-state index is 13.3. The fraction of sp³-hybridized carbons (Fsp3) is 0.227. The molecular weight excluding hydrogens is 402 g/mol. The summed E-state index contributed by atoms with van der Waals surface area (Å²) in [6.45, 7) is 3.97. The van der Waals surface area contributed by atoms with Crippen molar-refractivity contribution < 1.29 is 19.1 Å². The summed E-state index contributed by atoms with van der Waals surface area (Å²) in [5, 5.41) is 1.81. The molecule has 0 radical (unpaired) electrons. The van der Waals surface area contributed by atoms with Crippen LogP contribution in [0, 0.1) is 0 Å². The van der Waals surface area contributed by atoms with Gasteiger partial charge in [0.1, 0.15) is 5.37 Å². The van der Waals surface area contributed by atoms with Gasteiger partial charge in [-0.1, -0.05) is 67.2 Å². The third-order valence-electron chi connectivity index (χ3n) is 5.28. The number of fused-ring (bicyclic) bond motifs is 1. The van der Waals surface area contributed by atoms with E-state index in [0.717, 1.165) is 11.1 Å². The second kappa shape index (κ2) is 7.97. The van der Waals surface area contributed by atoms with E-state index in [9.17, 15) is 14.4 Å². The SMILES string of the molecule is C=C1CS[C@@H]2N(C(=O)[C@]2(N)NC=O)C1C(=O)OC(c1ccccc1)c1ccccc1. The molecule has 2 saturated heterocycles. The van der Waals surface area contributed by atoms with E-state index in [1.165, 1.54) is 16.7 Å². The number of nitrogens with one attached hydrogen (secondary N) is 1. The molecule has 0 saturated carbocycles. The highest BCUT2D eigenvalue weighted by Crippen LogP contribution is 2.44. The van der Waals surface area contributed by atoms with Crippen LogP contribution in [0.5, 0.6) is 0 Å². The molecule has 0 spiro atoms. The molecule has 0 aliphatic carbocycles. The maximum absolute atomic E-state index is 13.3. The number of hydrogen-bond acceptors (Lipinski definition) is 6. The van der Waals surface area contributed by atoms with Crippen LogP contribution < -0.4 is 11.1 Å². The van der Waals surface area contributed by atoms with E-state index in [-0.39, 0.29) is 0 Å². The lowest BCUT2D eigenvalue weighted by atomic mass is 9.93. The van der Waals surface area contributed by atoms with E-state index in [2.05, 4.69) is 11.9 Å². The molecule has 2 amide bonds. The van der Waals surface area contributed by atoms with E-state index in [1.54, 1.807) is 0 Å².